The molecule has 6 heteroatoms. The van der Waals surface area contributed by atoms with Crippen LogP contribution in [0.15, 0.2) is 81.3 Å². The Hall–Kier alpha value is -2.86. The van der Waals surface area contributed by atoms with Crippen molar-refractivity contribution in [3.05, 3.63) is 131 Å². The third-order valence-corrected chi connectivity index (χ3v) is 14.2. The van der Waals surface area contributed by atoms with E-state index in [9.17, 15) is 5.11 Å². The number of hydrogen-bond donors (Lipinski definition) is 0. The number of aryl methyl sites for hydroxylation is 4. The van der Waals surface area contributed by atoms with Crippen molar-refractivity contribution in [1.82, 2.24) is 0 Å². The molecular formula is C48H51N2O2Pb2+. The van der Waals surface area contributed by atoms with Crippen molar-refractivity contribution < 1.29 is 9.84 Å². The first-order chi connectivity index (χ1) is 26.4. The van der Waals surface area contributed by atoms with Crippen molar-refractivity contribution in [3.8, 4) is 11.5 Å². The zero-order valence-corrected chi connectivity index (χ0v) is 39.7. The zero-order valence-electron chi connectivity index (χ0n) is 32.0. The molecule has 0 saturated heterocycles. The molecule has 54 heavy (non-hydrogen) atoms. The summed E-state index contributed by atoms with van der Waals surface area (Å²) in [5, 5.41) is 9.47. The van der Waals surface area contributed by atoms with Crippen molar-refractivity contribution in [2.45, 2.75) is 88.5 Å². The van der Waals surface area contributed by atoms with Gasteiger partial charge in [0.25, 0.3) is 0 Å². The van der Waals surface area contributed by atoms with Crippen LogP contribution < -0.4 is 14.5 Å². The van der Waals surface area contributed by atoms with Gasteiger partial charge in [0, 0.05) is 0 Å². The van der Waals surface area contributed by atoms with Crippen LogP contribution in [0.25, 0.3) is 16.7 Å². The number of nitrogens with zero attached hydrogens (tertiary/aromatic N) is 2. The summed E-state index contributed by atoms with van der Waals surface area (Å²) in [7, 11) is 0. The average molecular weight is 1100 g/mol. The van der Waals surface area contributed by atoms with Gasteiger partial charge in [0.05, 0.1) is 0 Å². The number of benzene rings is 3. The molecule has 0 spiro atoms. The molecule has 0 unspecified atom stereocenters. The van der Waals surface area contributed by atoms with Crippen LogP contribution >= 0.6 is 0 Å². The van der Waals surface area contributed by atoms with Crippen LogP contribution in [0.1, 0.15) is 95.0 Å². The summed E-state index contributed by atoms with van der Waals surface area (Å²) in [5.74, 6) is 1.89. The fraction of sp³-hybridized carbons (Fsp3) is 0.375. The number of hydrogen-bond acceptors (Lipinski definition) is 3. The van der Waals surface area contributed by atoms with E-state index in [0.717, 1.165) is 140 Å². The molecule has 1 aliphatic carbocycles. The molecule has 5 heterocycles. The summed E-state index contributed by atoms with van der Waals surface area (Å²) in [5.41, 5.74) is 21.7. The van der Waals surface area contributed by atoms with Gasteiger partial charge in [-0.25, -0.2) is 0 Å². The Labute approximate surface area is 353 Å². The number of ether oxygens (including phenoxy) is 1. The first-order valence-electron chi connectivity index (χ1n) is 20.3. The van der Waals surface area contributed by atoms with Gasteiger partial charge in [0.1, 0.15) is 0 Å². The van der Waals surface area contributed by atoms with Crippen LogP contribution in [0.5, 0.6) is 11.5 Å². The van der Waals surface area contributed by atoms with E-state index < -0.39 is 0 Å². The Morgan fingerprint density at radius 1 is 0.778 bits per heavy atom. The fourth-order valence-corrected chi connectivity index (χ4v) is 12.1. The molecular weight excluding hydrogens is 1050 g/mol. The minimum atomic E-state index is 0.761. The number of allylic oxidation sites excluding steroid dienone is 11. The van der Waals surface area contributed by atoms with E-state index in [1.54, 1.807) is 0 Å². The van der Waals surface area contributed by atoms with Crippen molar-refractivity contribution in [1.29, 1.82) is 0 Å². The third kappa shape index (κ3) is 6.94. The van der Waals surface area contributed by atoms with Gasteiger partial charge in [0.2, 0.25) is 0 Å². The first-order valence-corrected chi connectivity index (χ1v) is 25.0. The normalized spacial score (nSPS) is 21.0. The molecule has 0 aromatic heterocycles. The van der Waals surface area contributed by atoms with Crippen molar-refractivity contribution in [3.63, 3.8) is 0 Å². The molecule has 4 nitrogen and oxygen atoms in total. The van der Waals surface area contributed by atoms with E-state index >= 15 is 0 Å². The molecule has 2 N–H and O–H groups in total. The Balaban J connectivity index is 1.14. The second-order valence-corrected chi connectivity index (χ2v) is 19.7. The molecule has 0 fully saturated rings. The molecule has 0 amide bonds. The predicted octanol–water partition coefficient (Wildman–Crippen LogP) is 9.72. The number of rotatable bonds is 6. The van der Waals surface area contributed by atoms with Gasteiger partial charge >= 0.3 is 357 Å². The summed E-state index contributed by atoms with van der Waals surface area (Å²) in [6, 6.07) is 11.9. The molecule has 0 saturated carbocycles. The molecule has 3 aromatic carbocycles. The monoisotopic (exact) mass is 1100 g/mol. The standard InChI is InChI=1S/C48H50N2O2.2Pb/c1-4-33(42-29-37-12-6-21-49-23-8-14-40(45(37)49)47(42)51)16-18-35-10-5-11-36(44(35)39-27-31(2)26-32(3)28-39)19-17-34-20-25-52-48-41-15-9-24-50-22-7-13-38(46(41)50)30-43(34)48;;/h4,16-20,26-30,51H,1,5-15,21-24H2,2-3H3;;/p+1/b18-16+,33-4-,34-17+,36-19+;;. The molecule has 3 aromatic rings. The molecule has 0 bridgehead atoms. The van der Waals surface area contributed by atoms with Crippen LogP contribution in [-0.2, 0) is 25.7 Å². The van der Waals surface area contributed by atoms with Gasteiger partial charge < -0.3 is 0 Å². The van der Waals surface area contributed by atoms with Gasteiger partial charge in [-0.3, -0.25) is 0 Å². The summed E-state index contributed by atoms with van der Waals surface area (Å²) in [6.45, 7) is 9.10. The van der Waals surface area contributed by atoms with E-state index in [0.29, 0.717) is 0 Å². The SMILES string of the molecule is Cc1cc(C)cc(C2=C(/C=C/C(=C/[CH2][Pb])c3cc4c5c(c3[OH2+])CCCN5CCC4)CCC/C2=C\C=C2/C=[C]([Pb])Oc3c2cc2c4c3CCCN4CCC2)c1. The second kappa shape index (κ2) is 15.6. The van der Waals surface area contributed by atoms with Crippen molar-refractivity contribution in [2.24, 2.45) is 0 Å². The van der Waals surface area contributed by atoms with Crippen LogP contribution in [0.3, 0.4) is 0 Å². The van der Waals surface area contributed by atoms with E-state index in [-0.39, 0.29) is 0 Å². The van der Waals surface area contributed by atoms with Gasteiger partial charge in [-0.1, -0.05) is 0 Å². The maximum atomic E-state index is 9.47. The first kappa shape index (κ1) is 36.8. The fourth-order valence-electron chi connectivity index (χ4n) is 10.3. The average Bonchev–Trinajstić information content (AvgIpc) is 3.17. The third-order valence-electron chi connectivity index (χ3n) is 12.4. The van der Waals surface area contributed by atoms with Gasteiger partial charge in [0.15, 0.2) is 0 Å². The van der Waals surface area contributed by atoms with Gasteiger partial charge in [-0.2, -0.15) is 0 Å². The van der Waals surface area contributed by atoms with Crippen molar-refractivity contribution >= 4 is 79.6 Å². The summed E-state index contributed by atoms with van der Waals surface area (Å²) in [6.07, 6.45) is 26.9. The van der Waals surface area contributed by atoms with E-state index in [1.165, 1.54) is 116 Å². The maximum absolute atomic E-state index is 9.47. The Bertz CT molecular complexity index is 2210. The van der Waals surface area contributed by atoms with E-state index in [4.69, 9.17) is 4.74 Å². The van der Waals surface area contributed by atoms with Crippen LogP contribution in [0.2, 0.25) is 3.98 Å². The number of fused-ring (bicyclic) bond motifs is 2. The second-order valence-electron chi connectivity index (χ2n) is 16.2. The van der Waals surface area contributed by atoms with Crippen molar-refractivity contribution in [2.75, 3.05) is 36.0 Å². The van der Waals surface area contributed by atoms with Gasteiger partial charge in [-0.15, -0.1) is 0 Å². The molecule has 9 rings (SSSR count). The molecule has 6 aliphatic rings. The topological polar surface area (TPSA) is 38.6 Å². The quantitative estimate of drug-likeness (QED) is 0.140. The van der Waals surface area contributed by atoms with Crippen LogP contribution in [0, 0.1) is 13.8 Å². The minimum absolute atomic E-state index is 0.761. The Kier molecular flexibility index (Phi) is 10.6. The summed E-state index contributed by atoms with van der Waals surface area (Å²) < 4.78 is 8.83. The molecule has 272 valence electrons. The van der Waals surface area contributed by atoms with Crippen LogP contribution in [-0.4, -0.2) is 82.8 Å². The summed E-state index contributed by atoms with van der Waals surface area (Å²) >= 11 is 2.00. The van der Waals surface area contributed by atoms with Crippen LogP contribution in [0.4, 0.5) is 11.4 Å². The zero-order chi connectivity index (χ0) is 36.9. The Morgan fingerprint density at radius 2 is 1.44 bits per heavy atom. The van der Waals surface area contributed by atoms with E-state index in [2.05, 4.69) is 90.4 Å². The predicted molar refractivity (Wildman–Crippen MR) is 229 cm³/mol. The van der Waals surface area contributed by atoms with E-state index in [1.807, 2.05) is 0 Å². The molecule has 5 aliphatic heterocycles. The number of anilines is 2. The molecule has 6 radical (unpaired) electrons. The summed E-state index contributed by atoms with van der Waals surface area (Å²) in [4.78, 5) is 5.19. The Morgan fingerprint density at radius 3 is 2.17 bits per heavy atom. The molecule has 0 atom stereocenters. The van der Waals surface area contributed by atoms with Gasteiger partial charge in [-0.05, 0) is 0 Å².